The van der Waals surface area contributed by atoms with Crippen molar-refractivity contribution in [3.05, 3.63) is 70.5 Å². The highest BCUT2D eigenvalue weighted by molar-refractivity contribution is 5.97. The Morgan fingerprint density at radius 1 is 1.00 bits per heavy atom. The molecule has 4 nitrogen and oxygen atoms in total. The monoisotopic (exact) mass is 331 g/mol. The van der Waals surface area contributed by atoms with Gasteiger partial charge in [-0.1, -0.05) is 24.3 Å². The number of nitrogens with one attached hydrogen (secondary N) is 1. The molecule has 0 saturated heterocycles. The largest absolute Gasteiger partial charge is 0.349 e. The third kappa shape index (κ3) is 3.12. The first kappa shape index (κ1) is 15.8. The molecule has 25 heavy (non-hydrogen) atoms. The van der Waals surface area contributed by atoms with Gasteiger partial charge in [0.1, 0.15) is 0 Å². The molecular formula is C21H21N3O. The van der Waals surface area contributed by atoms with Crippen molar-refractivity contribution in [2.75, 3.05) is 0 Å². The van der Waals surface area contributed by atoms with E-state index in [2.05, 4.69) is 39.6 Å². The Kier molecular flexibility index (Phi) is 3.96. The second-order valence-electron chi connectivity index (χ2n) is 6.78. The van der Waals surface area contributed by atoms with E-state index in [0.717, 1.165) is 41.7 Å². The molecule has 4 heteroatoms. The number of carbonyl (C=O) groups excluding carboxylic acids is 1. The molecule has 1 aliphatic rings. The highest BCUT2D eigenvalue weighted by atomic mass is 16.1. The van der Waals surface area contributed by atoms with E-state index in [4.69, 9.17) is 0 Å². The lowest BCUT2D eigenvalue weighted by molar-refractivity contribution is 0.0934. The predicted octanol–water partition coefficient (Wildman–Crippen LogP) is 3.53. The Morgan fingerprint density at radius 2 is 1.72 bits per heavy atom. The first-order chi connectivity index (χ1) is 12.1. The van der Waals surface area contributed by atoms with Crippen LogP contribution >= 0.6 is 0 Å². The van der Waals surface area contributed by atoms with E-state index in [0.29, 0.717) is 5.56 Å². The van der Waals surface area contributed by atoms with Gasteiger partial charge in [-0.15, -0.1) is 0 Å². The molecule has 0 spiro atoms. The van der Waals surface area contributed by atoms with Gasteiger partial charge >= 0.3 is 0 Å². The van der Waals surface area contributed by atoms with Crippen molar-refractivity contribution in [2.24, 2.45) is 0 Å². The minimum atomic E-state index is -0.0358. The van der Waals surface area contributed by atoms with Crippen molar-refractivity contribution in [1.82, 2.24) is 15.3 Å². The molecule has 1 aromatic heterocycles. The summed E-state index contributed by atoms with van der Waals surface area (Å²) in [6, 6.07) is 14.2. The number of aryl methyl sites for hydroxylation is 3. The van der Waals surface area contributed by atoms with Crippen LogP contribution in [0.4, 0.5) is 0 Å². The fourth-order valence-corrected chi connectivity index (χ4v) is 3.46. The van der Waals surface area contributed by atoms with Gasteiger partial charge in [-0.2, -0.15) is 0 Å². The topological polar surface area (TPSA) is 54.9 Å². The number of hydrogen-bond acceptors (Lipinski definition) is 3. The molecule has 4 rings (SSSR count). The second kappa shape index (κ2) is 6.28. The lowest BCUT2D eigenvalue weighted by Crippen LogP contribution is -2.38. The number of amides is 1. The van der Waals surface area contributed by atoms with Crippen LogP contribution in [0.1, 0.15) is 39.3 Å². The van der Waals surface area contributed by atoms with Crippen LogP contribution in [0, 0.1) is 13.8 Å². The van der Waals surface area contributed by atoms with E-state index >= 15 is 0 Å². The molecule has 1 heterocycles. The summed E-state index contributed by atoms with van der Waals surface area (Å²) in [5.41, 5.74) is 6.80. The summed E-state index contributed by atoms with van der Waals surface area (Å²) in [4.78, 5) is 21.7. The van der Waals surface area contributed by atoms with Gasteiger partial charge in [-0.25, -0.2) is 9.97 Å². The Bertz CT molecular complexity index is 965. The van der Waals surface area contributed by atoms with Gasteiger partial charge in [0.05, 0.1) is 22.4 Å². The van der Waals surface area contributed by atoms with Gasteiger partial charge in [0, 0.05) is 11.6 Å². The molecule has 0 fully saturated rings. The Morgan fingerprint density at radius 3 is 2.52 bits per heavy atom. The smallest absolute Gasteiger partial charge is 0.251 e. The first-order valence-electron chi connectivity index (χ1n) is 8.73. The van der Waals surface area contributed by atoms with E-state index in [1.165, 1.54) is 11.1 Å². The summed E-state index contributed by atoms with van der Waals surface area (Å²) in [6.07, 6.45) is 2.89. The summed E-state index contributed by atoms with van der Waals surface area (Å²) >= 11 is 0. The molecule has 1 amide bonds. The maximum absolute atomic E-state index is 12.7. The lowest BCUT2D eigenvalue weighted by Gasteiger charge is -2.25. The quantitative estimate of drug-likeness (QED) is 0.781. The SMILES string of the molecule is Cc1nc2ccc(C(=O)N[C@H]3CCc4ccccc4C3)cc2nc1C. The number of carbonyl (C=O) groups is 1. The number of rotatable bonds is 2. The normalized spacial score (nSPS) is 16.5. The van der Waals surface area contributed by atoms with Gasteiger partial charge in [-0.3, -0.25) is 4.79 Å². The second-order valence-corrected chi connectivity index (χ2v) is 6.78. The number of nitrogens with zero attached hydrogens (tertiary/aromatic N) is 2. The van der Waals surface area contributed by atoms with E-state index in [1.54, 1.807) is 0 Å². The lowest BCUT2D eigenvalue weighted by atomic mass is 9.88. The number of aromatic nitrogens is 2. The Hall–Kier alpha value is -2.75. The van der Waals surface area contributed by atoms with Crippen LogP contribution < -0.4 is 5.32 Å². The van der Waals surface area contributed by atoms with E-state index in [-0.39, 0.29) is 11.9 Å². The standard InChI is InChI=1S/C21H21N3O/c1-13-14(2)23-20-12-17(8-10-19(20)22-13)21(25)24-18-9-7-15-5-3-4-6-16(15)11-18/h3-6,8,10,12,18H,7,9,11H2,1-2H3,(H,24,25)/t18-/m0/s1. The Labute approximate surface area is 147 Å². The zero-order valence-electron chi connectivity index (χ0n) is 14.5. The summed E-state index contributed by atoms with van der Waals surface area (Å²) in [6.45, 7) is 3.89. The van der Waals surface area contributed by atoms with Crippen LogP contribution in [-0.4, -0.2) is 21.9 Å². The minimum Gasteiger partial charge on any atom is -0.349 e. The van der Waals surface area contributed by atoms with Gasteiger partial charge in [0.25, 0.3) is 5.91 Å². The van der Waals surface area contributed by atoms with Gasteiger partial charge in [-0.05, 0) is 62.4 Å². The van der Waals surface area contributed by atoms with Crippen molar-refractivity contribution in [3.8, 4) is 0 Å². The number of benzene rings is 2. The summed E-state index contributed by atoms with van der Waals surface area (Å²) in [5, 5.41) is 3.18. The van der Waals surface area contributed by atoms with Crippen LogP contribution in [0.5, 0.6) is 0 Å². The molecule has 0 radical (unpaired) electrons. The molecular weight excluding hydrogens is 310 g/mol. The molecule has 3 aromatic rings. The third-order valence-electron chi connectivity index (χ3n) is 5.02. The van der Waals surface area contributed by atoms with Crippen LogP contribution in [0.2, 0.25) is 0 Å². The molecule has 0 unspecified atom stereocenters. The van der Waals surface area contributed by atoms with Crippen molar-refractivity contribution in [3.63, 3.8) is 0 Å². The maximum atomic E-state index is 12.7. The van der Waals surface area contributed by atoms with Crippen molar-refractivity contribution >= 4 is 16.9 Å². The summed E-state index contributed by atoms with van der Waals surface area (Å²) in [5.74, 6) is -0.0358. The van der Waals surface area contributed by atoms with Gasteiger partial charge < -0.3 is 5.32 Å². The van der Waals surface area contributed by atoms with Crippen LogP contribution in [0.25, 0.3) is 11.0 Å². The van der Waals surface area contributed by atoms with Crippen molar-refractivity contribution in [1.29, 1.82) is 0 Å². The highest BCUT2D eigenvalue weighted by Crippen LogP contribution is 2.21. The van der Waals surface area contributed by atoms with Crippen LogP contribution in [-0.2, 0) is 12.8 Å². The molecule has 0 bridgehead atoms. The average Bonchev–Trinajstić information content (AvgIpc) is 2.62. The molecule has 126 valence electrons. The zero-order valence-corrected chi connectivity index (χ0v) is 14.5. The maximum Gasteiger partial charge on any atom is 0.251 e. The fourth-order valence-electron chi connectivity index (χ4n) is 3.46. The van der Waals surface area contributed by atoms with Crippen LogP contribution in [0.3, 0.4) is 0 Å². The highest BCUT2D eigenvalue weighted by Gasteiger charge is 2.20. The summed E-state index contributed by atoms with van der Waals surface area (Å²) in [7, 11) is 0. The van der Waals surface area contributed by atoms with E-state index in [9.17, 15) is 4.79 Å². The molecule has 1 N–H and O–H groups in total. The zero-order chi connectivity index (χ0) is 17.4. The predicted molar refractivity (Wildman–Crippen MR) is 98.7 cm³/mol. The fraction of sp³-hybridized carbons (Fsp3) is 0.286. The molecule has 1 atom stereocenters. The summed E-state index contributed by atoms with van der Waals surface area (Å²) < 4.78 is 0. The van der Waals surface area contributed by atoms with Crippen molar-refractivity contribution in [2.45, 2.75) is 39.2 Å². The van der Waals surface area contributed by atoms with Gasteiger partial charge in [0.2, 0.25) is 0 Å². The van der Waals surface area contributed by atoms with Crippen molar-refractivity contribution < 1.29 is 4.79 Å². The minimum absolute atomic E-state index is 0.0358. The van der Waals surface area contributed by atoms with E-state index in [1.807, 2.05) is 32.0 Å². The third-order valence-corrected chi connectivity index (χ3v) is 5.02. The number of hydrogen-bond donors (Lipinski definition) is 1. The van der Waals surface area contributed by atoms with Crippen LogP contribution in [0.15, 0.2) is 42.5 Å². The molecule has 1 aliphatic carbocycles. The van der Waals surface area contributed by atoms with E-state index < -0.39 is 0 Å². The molecule has 0 aliphatic heterocycles. The number of fused-ring (bicyclic) bond motifs is 2. The van der Waals surface area contributed by atoms with Gasteiger partial charge in [0.15, 0.2) is 0 Å². The average molecular weight is 331 g/mol. The Balaban J connectivity index is 1.53. The molecule has 0 saturated carbocycles. The molecule has 2 aromatic carbocycles. The first-order valence-corrected chi connectivity index (χ1v) is 8.73.